The number of carbonyl (C=O) groups is 2. The van der Waals surface area contributed by atoms with E-state index < -0.39 is 18.1 Å². The molecule has 1 N–H and O–H groups in total. The predicted molar refractivity (Wildman–Crippen MR) is 104 cm³/mol. The lowest BCUT2D eigenvalue weighted by Gasteiger charge is -2.17. The van der Waals surface area contributed by atoms with E-state index in [4.69, 9.17) is 9.47 Å². The van der Waals surface area contributed by atoms with Crippen LogP contribution in [0.1, 0.15) is 37.3 Å². The molecule has 27 heavy (non-hydrogen) atoms. The SMILES string of the molecule is CCOC(=O)C(CCCCc1ccccc1)NC(=O)OCc1ccccc1. The Morgan fingerprint density at radius 2 is 1.52 bits per heavy atom. The van der Waals surface area contributed by atoms with Crippen molar-refractivity contribution in [2.45, 2.75) is 45.3 Å². The highest BCUT2D eigenvalue weighted by molar-refractivity contribution is 5.81. The zero-order chi connectivity index (χ0) is 19.3. The topological polar surface area (TPSA) is 64.6 Å². The van der Waals surface area contributed by atoms with Crippen molar-refractivity contribution in [3.63, 3.8) is 0 Å². The number of aryl methyl sites for hydroxylation is 1. The summed E-state index contributed by atoms with van der Waals surface area (Å²) in [5.41, 5.74) is 2.16. The van der Waals surface area contributed by atoms with Crippen molar-refractivity contribution in [3.05, 3.63) is 71.8 Å². The van der Waals surface area contributed by atoms with Crippen LogP contribution in [0.2, 0.25) is 0 Å². The molecule has 0 aliphatic carbocycles. The summed E-state index contributed by atoms with van der Waals surface area (Å²) >= 11 is 0. The van der Waals surface area contributed by atoms with E-state index in [0.29, 0.717) is 6.42 Å². The molecule has 0 radical (unpaired) electrons. The van der Waals surface area contributed by atoms with Crippen molar-refractivity contribution in [2.24, 2.45) is 0 Å². The summed E-state index contributed by atoms with van der Waals surface area (Å²) in [4.78, 5) is 24.2. The highest BCUT2D eigenvalue weighted by atomic mass is 16.6. The van der Waals surface area contributed by atoms with Gasteiger partial charge in [0.05, 0.1) is 6.61 Å². The number of hydrogen-bond acceptors (Lipinski definition) is 4. The summed E-state index contributed by atoms with van der Waals surface area (Å²) < 4.78 is 10.3. The number of esters is 1. The van der Waals surface area contributed by atoms with Gasteiger partial charge >= 0.3 is 12.1 Å². The molecule has 0 aromatic heterocycles. The number of ether oxygens (including phenoxy) is 2. The van der Waals surface area contributed by atoms with Crippen LogP contribution < -0.4 is 5.32 Å². The maximum Gasteiger partial charge on any atom is 0.408 e. The Balaban J connectivity index is 1.78. The Kier molecular flexibility index (Phi) is 8.90. The van der Waals surface area contributed by atoms with Crippen LogP contribution in [-0.4, -0.2) is 24.7 Å². The van der Waals surface area contributed by atoms with E-state index in [1.165, 1.54) is 5.56 Å². The summed E-state index contributed by atoms with van der Waals surface area (Å²) in [6, 6.07) is 18.9. The quantitative estimate of drug-likeness (QED) is 0.502. The van der Waals surface area contributed by atoms with E-state index >= 15 is 0 Å². The van der Waals surface area contributed by atoms with Gasteiger partial charge < -0.3 is 14.8 Å². The molecule has 0 aliphatic heterocycles. The molecule has 5 nitrogen and oxygen atoms in total. The normalized spacial score (nSPS) is 11.4. The van der Waals surface area contributed by atoms with Gasteiger partial charge in [-0.3, -0.25) is 0 Å². The second-order valence-corrected chi connectivity index (χ2v) is 6.24. The van der Waals surface area contributed by atoms with E-state index in [1.807, 2.05) is 48.5 Å². The van der Waals surface area contributed by atoms with Gasteiger partial charge in [-0.25, -0.2) is 9.59 Å². The molecule has 0 fully saturated rings. The summed E-state index contributed by atoms with van der Waals surface area (Å²) in [5, 5.41) is 2.63. The van der Waals surface area contributed by atoms with Gasteiger partial charge in [0.25, 0.3) is 0 Å². The van der Waals surface area contributed by atoms with Crippen LogP contribution in [0.25, 0.3) is 0 Å². The fraction of sp³-hybridized carbons (Fsp3) is 0.364. The van der Waals surface area contributed by atoms with E-state index in [0.717, 1.165) is 24.8 Å². The Morgan fingerprint density at radius 3 is 2.15 bits per heavy atom. The number of alkyl carbamates (subject to hydrolysis) is 1. The van der Waals surface area contributed by atoms with Crippen molar-refractivity contribution in [1.29, 1.82) is 0 Å². The van der Waals surface area contributed by atoms with Crippen LogP contribution in [0, 0.1) is 0 Å². The molecule has 0 bridgehead atoms. The van der Waals surface area contributed by atoms with E-state index in [9.17, 15) is 9.59 Å². The van der Waals surface area contributed by atoms with Crippen molar-refractivity contribution in [3.8, 4) is 0 Å². The highest BCUT2D eigenvalue weighted by Gasteiger charge is 2.22. The van der Waals surface area contributed by atoms with Crippen LogP contribution in [-0.2, 0) is 27.3 Å². The Bertz CT molecular complexity index is 688. The molecule has 2 rings (SSSR count). The molecular formula is C22H27NO4. The average Bonchev–Trinajstić information content (AvgIpc) is 2.70. The molecule has 1 amide bonds. The van der Waals surface area contributed by atoms with Crippen molar-refractivity contribution < 1.29 is 19.1 Å². The monoisotopic (exact) mass is 369 g/mol. The molecule has 5 heteroatoms. The Hall–Kier alpha value is -2.82. The second-order valence-electron chi connectivity index (χ2n) is 6.24. The van der Waals surface area contributed by atoms with Gasteiger partial charge in [-0.05, 0) is 37.3 Å². The number of rotatable bonds is 10. The third-order valence-corrected chi connectivity index (χ3v) is 4.13. The van der Waals surface area contributed by atoms with Gasteiger partial charge in [0, 0.05) is 0 Å². The van der Waals surface area contributed by atoms with E-state index in [1.54, 1.807) is 6.92 Å². The number of carbonyl (C=O) groups excluding carboxylic acids is 2. The van der Waals surface area contributed by atoms with Gasteiger partial charge in [0.15, 0.2) is 0 Å². The van der Waals surface area contributed by atoms with Gasteiger partial charge in [0.1, 0.15) is 12.6 Å². The number of amides is 1. The van der Waals surface area contributed by atoms with Crippen LogP contribution in [0.4, 0.5) is 4.79 Å². The predicted octanol–water partition coefficient (Wildman–Crippen LogP) is 4.26. The third kappa shape index (κ3) is 7.94. The van der Waals surface area contributed by atoms with Crippen LogP contribution >= 0.6 is 0 Å². The molecule has 2 aromatic rings. The molecule has 1 unspecified atom stereocenters. The third-order valence-electron chi connectivity index (χ3n) is 4.13. The minimum absolute atomic E-state index is 0.163. The van der Waals surface area contributed by atoms with Crippen LogP contribution in [0.3, 0.4) is 0 Å². The molecule has 0 aliphatic rings. The number of benzene rings is 2. The summed E-state index contributed by atoms with van der Waals surface area (Å²) in [7, 11) is 0. The Labute approximate surface area is 160 Å². The first-order valence-corrected chi connectivity index (χ1v) is 9.37. The minimum atomic E-state index is -0.691. The largest absolute Gasteiger partial charge is 0.464 e. The van der Waals surface area contributed by atoms with Crippen molar-refractivity contribution in [1.82, 2.24) is 5.32 Å². The second kappa shape index (κ2) is 11.7. The molecule has 0 saturated heterocycles. The van der Waals surface area contributed by atoms with E-state index in [2.05, 4.69) is 17.4 Å². The van der Waals surface area contributed by atoms with Gasteiger partial charge in [-0.2, -0.15) is 0 Å². The maximum atomic E-state index is 12.1. The smallest absolute Gasteiger partial charge is 0.408 e. The highest BCUT2D eigenvalue weighted by Crippen LogP contribution is 2.09. The number of nitrogens with one attached hydrogen (secondary N) is 1. The standard InChI is InChI=1S/C22H27NO4/c1-2-26-21(24)20(16-10-9-13-18-11-5-3-6-12-18)23-22(25)27-17-19-14-7-4-8-15-19/h3-8,11-12,14-15,20H,2,9-10,13,16-17H2,1H3,(H,23,25). The lowest BCUT2D eigenvalue weighted by molar-refractivity contribution is -0.145. The van der Waals surface area contributed by atoms with Crippen molar-refractivity contribution >= 4 is 12.1 Å². The molecule has 0 saturated carbocycles. The summed E-state index contributed by atoms with van der Waals surface area (Å²) in [5.74, 6) is -0.422. The molecular weight excluding hydrogens is 342 g/mol. The molecule has 0 heterocycles. The number of unbranched alkanes of at least 4 members (excludes halogenated alkanes) is 1. The van der Waals surface area contributed by atoms with Gasteiger partial charge in [0.2, 0.25) is 0 Å². The summed E-state index contributed by atoms with van der Waals surface area (Å²) in [6.45, 7) is 2.19. The maximum absolute atomic E-state index is 12.1. The number of hydrogen-bond donors (Lipinski definition) is 1. The Morgan fingerprint density at radius 1 is 0.889 bits per heavy atom. The molecule has 2 aromatic carbocycles. The van der Waals surface area contributed by atoms with Crippen molar-refractivity contribution in [2.75, 3.05) is 6.61 Å². The lowest BCUT2D eigenvalue weighted by atomic mass is 10.0. The molecule has 144 valence electrons. The zero-order valence-corrected chi connectivity index (χ0v) is 15.7. The lowest BCUT2D eigenvalue weighted by Crippen LogP contribution is -2.42. The van der Waals surface area contributed by atoms with Crippen LogP contribution in [0.15, 0.2) is 60.7 Å². The fourth-order valence-corrected chi connectivity index (χ4v) is 2.72. The average molecular weight is 369 g/mol. The first kappa shape index (κ1) is 20.5. The summed E-state index contributed by atoms with van der Waals surface area (Å²) in [6.07, 6.45) is 2.58. The van der Waals surface area contributed by atoms with Crippen LogP contribution in [0.5, 0.6) is 0 Å². The molecule has 1 atom stereocenters. The minimum Gasteiger partial charge on any atom is -0.464 e. The fourth-order valence-electron chi connectivity index (χ4n) is 2.72. The van der Waals surface area contributed by atoms with Gasteiger partial charge in [-0.1, -0.05) is 67.1 Å². The first-order chi connectivity index (χ1) is 13.2. The zero-order valence-electron chi connectivity index (χ0n) is 15.7. The molecule has 0 spiro atoms. The van der Waals surface area contributed by atoms with E-state index in [-0.39, 0.29) is 13.2 Å². The first-order valence-electron chi connectivity index (χ1n) is 9.37. The van der Waals surface area contributed by atoms with Gasteiger partial charge in [-0.15, -0.1) is 0 Å².